The van der Waals surface area contributed by atoms with Crippen molar-refractivity contribution in [3.05, 3.63) is 66.0 Å². The van der Waals surface area contributed by atoms with E-state index in [-0.39, 0.29) is 12.0 Å². The van der Waals surface area contributed by atoms with Gasteiger partial charge in [0, 0.05) is 50.0 Å². The Balaban J connectivity index is 1.33. The van der Waals surface area contributed by atoms with Crippen molar-refractivity contribution in [2.24, 2.45) is 0 Å². The molecular formula is C20H21N5O2. The lowest BCUT2D eigenvalue weighted by atomic mass is 10.0. The van der Waals surface area contributed by atoms with E-state index in [1.54, 1.807) is 16.9 Å². The quantitative estimate of drug-likeness (QED) is 0.712. The summed E-state index contributed by atoms with van der Waals surface area (Å²) in [7, 11) is 0. The molecule has 3 heterocycles. The van der Waals surface area contributed by atoms with Crippen molar-refractivity contribution >= 4 is 5.91 Å². The van der Waals surface area contributed by atoms with E-state index >= 15 is 0 Å². The molecule has 7 nitrogen and oxygen atoms in total. The van der Waals surface area contributed by atoms with Gasteiger partial charge in [-0.25, -0.2) is 4.68 Å². The Hall–Kier alpha value is -3.22. The molecule has 1 saturated heterocycles. The minimum Gasteiger partial charge on any atom is -0.473 e. The third-order valence-corrected chi connectivity index (χ3v) is 4.76. The van der Waals surface area contributed by atoms with E-state index in [4.69, 9.17) is 4.74 Å². The molecule has 0 radical (unpaired) electrons. The standard InChI is InChI=1S/C20H21N5O2/c1-15-5-2-3-6-17(15)20(26)24-13-9-16(10-14-24)27-19-8-7-18(22-23-19)25-12-4-11-21-25/h2-8,11-12,16H,9-10,13-14H2,1H3. The second kappa shape index (κ2) is 7.57. The molecule has 0 unspecified atom stereocenters. The average molecular weight is 363 g/mol. The summed E-state index contributed by atoms with van der Waals surface area (Å²) < 4.78 is 7.59. The number of amides is 1. The van der Waals surface area contributed by atoms with Crippen molar-refractivity contribution in [2.45, 2.75) is 25.9 Å². The summed E-state index contributed by atoms with van der Waals surface area (Å²) in [6.07, 6.45) is 5.10. The Kier molecular flexibility index (Phi) is 4.82. The molecule has 1 aliphatic rings. The molecule has 27 heavy (non-hydrogen) atoms. The monoisotopic (exact) mass is 363 g/mol. The number of piperidine rings is 1. The van der Waals surface area contributed by atoms with E-state index in [0.29, 0.717) is 24.8 Å². The number of benzene rings is 1. The van der Waals surface area contributed by atoms with E-state index in [0.717, 1.165) is 24.0 Å². The van der Waals surface area contributed by atoms with Crippen LogP contribution >= 0.6 is 0 Å². The van der Waals surface area contributed by atoms with Crippen molar-refractivity contribution in [1.29, 1.82) is 0 Å². The number of hydrogen-bond acceptors (Lipinski definition) is 5. The van der Waals surface area contributed by atoms with Gasteiger partial charge in [0.2, 0.25) is 5.88 Å². The Morgan fingerprint density at radius 3 is 2.56 bits per heavy atom. The first-order valence-electron chi connectivity index (χ1n) is 9.06. The minimum atomic E-state index is 0.0378. The van der Waals surface area contributed by atoms with Gasteiger partial charge in [-0.05, 0) is 30.7 Å². The summed E-state index contributed by atoms with van der Waals surface area (Å²) in [5.41, 5.74) is 1.78. The fourth-order valence-corrected chi connectivity index (χ4v) is 3.23. The largest absolute Gasteiger partial charge is 0.473 e. The molecule has 0 atom stereocenters. The van der Waals surface area contributed by atoms with Gasteiger partial charge in [-0.2, -0.15) is 5.10 Å². The highest BCUT2D eigenvalue weighted by Gasteiger charge is 2.25. The van der Waals surface area contributed by atoms with Gasteiger partial charge in [-0.3, -0.25) is 4.79 Å². The van der Waals surface area contributed by atoms with Gasteiger partial charge in [0.1, 0.15) is 6.10 Å². The minimum absolute atomic E-state index is 0.0378. The van der Waals surface area contributed by atoms with Crippen molar-refractivity contribution in [3.63, 3.8) is 0 Å². The van der Waals surface area contributed by atoms with Crippen LogP contribution < -0.4 is 4.74 Å². The Bertz CT molecular complexity index is 900. The summed E-state index contributed by atoms with van der Waals surface area (Å²) in [6, 6.07) is 13.2. The maximum atomic E-state index is 12.7. The first-order chi connectivity index (χ1) is 13.2. The highest BCUT2D eigenvalue weighted by Crippen LogP contribution is 2.20. The van der Waals surface area contributed by atoms with Crippen LogP contribution in [0.25, 0.3) is 5.82 Å². The maximum Gasteiger partial charge on any atom is 0.254 e. The summed E-state index contributed by atoms with van der Waals surface area (Å²) in [6.45, 7) is 3.32. The zero-order chi connectivity index (χ0) is 18.6. The molecule has 1 aliphatic heterocycles. The lowest BCUT2D eigenvalue weighted by molar-refractivity contribution is 0.0585. The number of rotatable bonds is 4. The normalized spacial score (nSPS) is 14.9. The van der Waals surface area contributed by atoms with E-state index in [1.807, 2.05) is 54.4 Å². The van der Waals surface area contributed by atoms with Crippen LogP contribution in [-0.2, 0) is 0 Å². The van der Waals surface area contributed by atoms with E-state index in [2.05, 4.69) is 15.3 Å². The predicted octanol–water partition coefficient (Wildman–Crippen LogP) is 2.65. The fraction of sp³-hybridized carbons (Fsp3) is 0.300. The highest BCUT2D eigenvalue weighted by atomic mass is 16.5. The molecule has 138 valence electrons. The molecule has 0 aliphatic carbocycles. The van der Waals surface area contributed by atoms with E-state index < -0.39 is 0 Å². The van der Waals surface area contributed by atoms with Gasteiger partial charge in [0.15, 0.2) is 5.82 Å². The molecule has 1 fully saturated rings. The van der Waals surface area contributed by atoms with Gasteiger partial charge in [0.05, 0.1) is 0 Å². The molecule has 0 N–H and O–H groups in total. The van der Waals surface area contributed by atoms with E-state index in [9.17, 15) is 4.79 Å². The second-order valence-electron chi connectivity index (χ2n) is 6.60. The number of nitrogens with zero attached hydrogens (tertiary/aromatic N) is 5. The summed E-state index contributed by atoms with van der Waals surface area (Å²) in [5.74, 6) is 1.23. The molecule has 3 aromatic rings. The third kappa shape index (κ3) is 3.81. The van der Waals surface area contributed by atoms with Crippen LogP contribution in [0.5, 0.6) is 5.88 Å². The number of aryl methyl sites for hydroxylation is 1. The summed E-state index contributed by atoms with van der Waals surface area (Å²) in [5, 5.41) is 12.4. The average Bonchev–Trinajstić information content (AvgIpc) is 3.24. The molecule has 1 aromatic carbocycles. The third-order valence-electron chi connectivity index (χ3n) is 4.76. The summed E-state index contributed by atoms with van der Waals surface area (Å²) >= 11 is 0. The first-order valence-corrected chi connectivity index (χ1v) is 9.06. The number of aromatic nitrogens is 4. The van der Waals surface area contributed by atoms with Crippen molar-refractivity contribution in [3.8, 4) is 11.7 Å². The summed E-state index contributed by atoms with van der Waals surface area (Å²) in [4.78, 5) is 14.6. The van der Waals surface area contributed by atoms with Gasteiger partial charge in [-0.1, -0.05) is 18.2 Å². The van der Waals surface area contributed by atoms with Crippen LogP contribution in [0.1, 0.15) is 28.8 Å². The molecule has 0 bridgehead atoms. The smallest absolute Gasteiger partial charge is 0.254 e. The maximum absolute atomic E-state index is 12.7. The molecule has 0 saturated carbocycles. The number of carbonyl (C=O) groups is 1. The van der Waals surface area contributed by atoms with Crippen LogP contribution in [0.2, 0.25) is 0 Å². The number of likely N-dealkylation sites (tertiary alicyclic amines) is 1. The van der Waals surface area contributed by atoms with Gasteiger partial charge >= 0.3 is 0 Å². The van der Waals surface area contributed by atoms with Crippen molar-refractivity contribution in [2.75, 3.05) is 13.1 Å². The Morgan fingerprint density at radius 1 is 1.07 bits per heavy atom. The zero-order valence-corrected chi connectivity index (χ0v) is 15.2. The molecule has 1 amide bonds. The first kappa shape index (κ1) is 17.2. The lowest BCUT2D eigenvalue weighted by Gasteiger charge is -2.32. The van der Waals surface area contributed by atoms with Crippen molar-refractivity contribution < 1.29 is 9.53 Å². The van der Waals surface area contributed by atoms with Crippen LogP contribution in [0.3, 0.4) is 0 Å². The molecule has 0 spiro atoms. The molecule has 4 rings (SSSR count). The lowest BCUT2D eigenvalue weighted by Crippen LogP contribution is -2.42. The SMILES string of the molecule is Cc1ccccc1C(=O)N1CCC(Oc2ccc(-n3cccn3)nn2)CC1. The van der Waals surface area contributed by atoms with Gasteiger partial charge in [-0.15, -0.1) is 10.2 Å². The highest BCUT2D eigenvalue weighted by molar-refractivity contribution is 5.95. The number of hydrogen-bond donors (Lipinski definition) is 0. The van der Waals surface area contributed by atoms with Crippen molar-refractivity contribution in [1.82, 2.24) is 24.9 Å². The van der Waals surface area contributed by atoms with Gasteiger partial charge < -0.3 is 9.64 Å². The number of carbonyl (C=O) groups excluding carboxylic acids is 1. The van der Waals surface area contributed by atoms with Crippen LogP contribution in [0, 0.1) is 6.92 Å². The van der Waals surface area contributed by atoms with Crippen LogP contribution in [0.15, 0.2) is 54.9 Å². The molecule has 7 heteroatoms. The predicted molar refractivity (Wildman–Crippen MR) is 99.9 cm³/mol. The fourth-order valence-electron chi connectivity index (χ4n) is 3.23. The topological polar surface area (TPSA) is 73.1 Å². The van der Waals surface area contributed by atoms with Crippen LogP contribution in [0.4, 0.5) is 0 Å². The number of ether oxygens (including phenoxy) is 1. The van der Waals surface area contributed by atoms with Crippen LogP contribution in [-0.4, -0.2) is 50.0 Å². The second-order valence-corrected chi connectivity index (χ2v) is 6.60. The Labute approximate surface area is 157 Å². The van der Waals surface area contributed by atoms with Gasteiger partial charge in [0.25, 0.3) is 5.91 Å². The van der Waals surface area contributed by atoms with E-state index in [1.165, 1.54) is 0 Å². The zero-order valence-electron chi connectivity index (χ0n) is 15.2. The Morgan fingerprint density at radius 2 is 1.89 bits per heavy atom. The molecular weight excluding hydrogens is 342 g/mol. The molecule has 2 aromatic heterocycles.